The van der Waals surface area contributed by atoms with Crippen LogP contribution in [-0.4, -0.2) is 29.6 Å². The van der Waals surface area contributed by atoms with Crippen molar-refractivity contribution < 1.29 is 14.7 Å². The molecule has 1 amide bonds. The monoisotopic (exact) mass is 290 g/mol. The molecule has 0 saturated carbocycles. The van der Waals surface area contributed by atoms with Crippen molar-refractivity contribution >= 4 is 17.6 Å². The molecule has 114 valence electrons. The van der Waals surface area contributed by atoms with Crippen LogP contribution in [0.5, 0.6) is 0 Å². The largest absolute Gasteiger partial charge is 0.480 e. The number of benzene rings is 1. The summed E-state index contributed by atoms with van der Waals surface area (Å²) in [6, 6.07) is 6.63. The molecular formula is C16H22N2O3. The molecule has 1 heterocycles. The molecule has 1 aliphatic heterocycles. The fourth-order valence-corrected chi connectivity index (χ4v) is 2.81. The van der Waals surface area contributed by atoms with Crippen molar-refractivity contribution in [3.05, 3.63) is 29.8 Å². The van der Waals surface area contributed by atoms with Gasteiger partial charge in [-0.3, -0.25) is 9.69 Å². The van der Waals surface area contributed by atoms with E-state index in [2.05, 4.69) is 6.92 Å². The Morgan fingerprint density at radius 1 is 1.38 bits per heavy atom. The first kappa shape index (κ1) is 15.5. The molecule has 0 bridgehead atoms. The summed E-state index contributed by atoms with van der Waals surface area (Å²) in [4.78, 5) is 25.3. The maximum atomic E-state index is 12.5. The molecule has 0 saturated heterocycles. The Morgan fingerprint density at radius 2 is 2.10 bits per heavy atom. The molecule has 5 nitrogen and oxygen atoms in total. The topological polar surface area (TPSA) is 83.6 Å². The fourth-order valence-electron chi connectivity index (χ4n) is 2.81. The van der Waals surface area contributed by atoms with E-state index in [9.17, 15) is 14.7 Å². The number of para-hydroxylation sites is 1. The molecule has 1 aliphatic rings. The molecule has 0 fully saturated rings. The van der Waals surface area contributed by atoms with Crippen LogP contribution in [-0.2, 0) is 16.0 Å². The van der Waals surface area contributed by atoms with E-state index < -0.39 is 12.0 Å². The summed E-state index contributed by atoms with van der Waals surface area (Å²) in [7, 11) is 0. The van der Waals surface area contributed by atoms with Gasteiger partial charge in [-0.1, -0.05) is 25.1 Å². The minimum absolute atomic E-state index is 0.115. The lowest BCUT2D eigenvalue weighted by Gasteiger charge is -2.23. The smallest absolute Gasteiger partial charge is 0.327 e. The number of anilines is 1. The second-order valence-corrected chi connectivity index (χ2v) is 5.67. The highest BCUT2D eigenvalue weighted by molar-refractivity contribution is 6.01. The molecule has 1 aromatic carbocycles. The number of hydrogen-bond donors (Lipinski definition) is 2. The van der Waals surface area contributed by atoms with Crippen molar-refractivity contribution in [1.29, 1.82) is 0 Å². The SMILES string of the molecule is CC(CCN)CCC(=O)N1c2ccccc2CC1C(=O)O. The van der Waals surface area contributed by atoms with Gasteiger partial charge in [0, 0.05) is 18.5 Å². The lowest BCUT2D eigenvalue weighted by Crippen LogP contribution is -2.42. The first-order valence-corrected chi connectivity index (χ1v) is 7.37. The van der Waals surface area contributed by atoms with Crippen molar-refractivity contribution in [2.24, 2.45) is 11.7 Å². The minimum atomic E-state index is -0.949. The number of carboxylic acid groups (broad SMARTS) is 1. The minimum Gasteiger partial charge on any atom is -0.480 e. The van der Waals surface area contributed by atoms with Crippen LogP contribution in [0.2, 0.25) is 0 Å². The van der Waals surface area contributed by atoms with Crippen molar-refractivity contribution in [1.82, 2.24) is 0 Å². The van der Waals surface area contributed by atoms with Crippen LogP contribution in [0.3, 0.4) is 0 Å². The van der Waals surface area contributed by atoms with E-state index in [0.717, 1.165) is 24.1 Å². The van der Waals surface area contributed by atoms with Crippen LogP contribution < -0.4 is 10.6 Å². The summed E-state index contributed by atoms with van der Waals surface area (Å²) in [5.41, 5.74) is 7.17. The van der Waals surface area contributed by atoms with Gasteiger partial charge < -0.3 is 10.8 Å². The van der Waals surface area contributed by atoms with E-state index in [4.69, 9.17) is 5.73 Å². The Labute approximate surface area is 124 Å². The number of nitrogens with two attached hydrogens (primary N) is 1. The highest BCUT2D eigenvalue weighted by Crippen LogP contribution is 2.33. The molecule has 0 aromatic heterocycles. The number of aliphatic carboxylic acids is 1. The summed E-state index contributed by atoms with van der Waals surface area (Å²) >= 11 is 0. The zero-order valence-corrected chi connectivity index (χ0v) is 12.3. The average molecular weight is 290 g/mol. The third-order valence-corrected chi connectivity index (χ3v) is 4.04. The van der Waals surface area contributed by atoms with Gasteiger partial charge in [-0.25, -0.2) is 4.79 Å². The summed E-state index contributed by atoms with van der Waals surface area (Å²) in [6.45, 7) is 2.67. The van der Waals surface area contributed by atoms with Crippen LogP contribution in [0, 0.1) is 5.92 Å². The van der Waals surface area contributed by atoms with Crippen molar-refractivity contribution in [2.45, 2.75) is 38.6 Å². The van der Waals surface area contributed by atoms with E-state index in [1.54, 1.807) is 0 Å². The molecular weight excluding hydrogens is 268 g/mol. The van der Waals surface area contributed by atoms with Crippen molar-refractivity contribution in [3.8, 4) is 0 Å². The van der Waals surface area contributed by atoms with Gasteiger partial charge in [-0.05, 0) is 36.9 Å². The number of nitrogens with zero attached hydrogens (tertiary/aromatic N) is 1. The number of amides is 1. The molecule has 0 spiro atoms. The standard InChI is InChI=1S/C16H22N2O3/c1-11(8-9-17)6-7-15(19)18-13-5-3-2-4-12(13)10-14(18)16(20)21/h2-5,11,14H,6-10,17H2,1H3,(H,20,21). The average Bonchev–Trinajstić information content (AvgIpc) is 2.85. The van der Waals surface area contributed by atoms with Crippen molar-refractivity contribution in [3.63, 3.8) is 0 Å². The van der Waals surface area contributed by atoms with Crippen LogP contribution >= 0.6 is 0 Å². The Kier molecular flexibility index (Phi) is 4.96. The van der Waals surface area contributed by atoms with E-state index in [-0.39, 0.29) is 5.91 Å². The first-order valence-electron chi connectivity index (χ1n) is 7.37. The number of carbonyl (C=O) groups is 2. The van der Waals surface area contributed by atoms with E-state index in [1.807, 2.05) is 24.3 Å². The summed E-state index contributed by atoms with van der Waals surface area (Å²) < 4.78 is 0. The van der Waals surface area contributed by atoms with Gasteiger partial charge in [0.15, 0.2) is 0 Å². The van der Waals surface area contributed by atoms with E-state index >= 15 is 0 Å². The van der Waals surface area contributed by atoms with Gasteiger partial charge in [0.1, 0.15) is 6.04 Å². The van der Waals surface area contributed by atoms with E-state index in [1.165, 1.54) is 4.90 Å². The molecule has 0 radical (unpaired) electrons. The third-order valence-electron chi connectivity index (χ3n) is 4.04. The summed E-state index contributed by atoms with van der Waals surface area (Å²) in [5, 5.41) is 9.36. The van der Waals surface area contributed by atoms with Crippen LogP contribution in [0.25, 0.3) is 0 Å². The van der Waals surface area contributed by atoms with Gasteiger partial charge >= 0.3 is 5.97 Å². The second kappa shape index (κ2) is 6.72. The predicted octanol–water partition coefficient (Wildman–Crippen LogP) is 1.79. The zero-order chi connectivity index (χ0) is 15.4. The number of rotatable bonds is 6. The molecule has 0 aliphatic carbocycles. The van der Waals surface area contributed by atoms with Gasteiger partial charge in [-0.15, -0.1) is 0 Å². The Hall–Kier alpha value is -1.88. The number of carboxylic acids is 1. The number of hydrogen-bond acceptors (Lipinski definition) is 3. The van der Waals surface area contributed by atoms with Crippen LogP contribution in [0.15, 0.2) is 24.3 Å². The van der Waals surface area contributed by atoms with Crippen molar-refractivity contribution in [2.75, 3.05) is 11.4 Å². The summed E-state index contributed by atoms with van der Waals surface area (Å²) in [5.74, 6) is -0.689. The second-order valence-electron chi connectivity index (χ2n) is 5.67. The third kappa shape index (κ3) is 3.42. The normalized spacial score (nSPS) is 18.4. The zero-order valence-electron chi connectivity index (χ0n) is 12.3. The maximum absolute atomic E-state index is 12.5. The predicted molar refractivity (Wildman–Crippen MR) is 81.1 cm³/mol. The molecule has 2 unspecified atom stereocenters. The highest BCUT2D eigenvalue weighted by Gasteiger charge is 2.37. The lowest BCUT2D eigenvalue weighted by molar-refractivity contribution is -0.139. The number of carbonyl (C=O) groups excluding carboxylic acids is 1. The van der Waals surface area contributed by atoms with E-state index in [0.29, 0.717) is 25.3 Å². The quantitative estimate of drug-likeness (QED) is 0.836. The fraction of sp³-hybridized carbons (Fsp3) is 0.500. The molecule has 5 heteroatoms. The molecule has 3 N–H and O–H groups in total. The van der Waals surface area contributed by atoms with Gasteiger partial charge in [0.25, 0.3) is 0 Å². The Balaban J connectivity index is 2.11. The van der Waals surface area contributed by atoms with Gasteiger partial charge in [0.05, 0.1) is 0 Å². The van der Waals surface area contributed by atoms with Gasteiger partial charge in [0.2, 0.25) is 5.91 Å². The molecule has 1 aromatic rings. The first-order chi connectivity index (χ1) is 10.0. The maximum Gasteiger partial charge on any atom is 0.327 e. The summed E-state index contributed by atoms with van der Waals surface area (Å²) in [6.07, 6.45) is 2.36. The number of fused-ring (bicyclic) bond motifs is 1. The molecule has 2 rings (SSSR count). The molecule has 2 atom stereocenters. The van der Waals surface area contributed by atoms with Gasteiger partial charge in [-0.2, -0.15) is 0 Å². The Morgan fingerprint density at radius 3 is 2.76 bits per heavy atom. The van der Waals surface area contributed by atoms with Crippen LogP contribution in [0.1, 0.15) is 31.7 Å². The Bertz CT molecular complexity index is 530. The lowest BCUT2D eigenvalue weighted by atomic mass is 10.0. The van der Waals surface area contributed by atoms with Crippen LogP contribution in [0.4, 0.5) is 5.69 Å². The molecule has 21 heavy (non-hydrogen) atoms. The highest BCUT2D eigenvalue weighted by atomic mass is 16.4.